The number of nitrogens with zero attached hydrogens (tertiary/aromatic N) is 3. The molecule has 0 aromatic carbocycles. The van der Waals surface area contributed by atoms with Crippen molar-refractivity contribution in [1.82, 2.24) is 15.0 Å². The van der Waals surface area contributed by atoms with Crippen molar-refractivity contribution in [2.45, 2.75) is 20.3 Å². The van der Waals surface area contributed by atoms with Crippen molar-refractivity contribution in [3.8, 4) is 11.5 Å². The molecule has 0 aliphatic rings. The smallest absolute Gasteiger partial charge is 0.181 e. The maximum absolute atomic E-state index is 6.18. The van der Waals surface area contributed by atoms with Gasteiger partial charge < -0.3 is 0 Å². The predicted molar refractivity (Wildman–Crippen MR) is 86.5 cm³/mol. The van der Waals surface area contributed by atoms with Crippen LogP contribution in [0.25, 0.3) is 11.5 Å². The van der Waals surface area contributed by atoms with Crippen LogP contribution in [-0.4, -0.2) is 15.0 Å². The van der Waals surface area contributed by atoms with E-state index < -0.39 is 0 Å². The summed E-state index contributed by atoms with van der Waals surface area (Å²) in [5, 5.41) is 0.971. The third-order valence-corrected chi connectivity index (χ3v) is 4.48. The summed E-state index contributed by atoms with van der Waals surface area (Å²) in [7, 11) is 0. The van der Waals surface area contributed by atoms with Gasteiger partial charge in [0.15, 0.2) is 5.82 Å². The number of hydrogen-bond acceptors (Lipinski definition) is 3. The lowest BCUT2D eigenvalue weighted by atomic mass is 10.1. The van der Waals surface area contributed by atoms with Gasteiger partial charge in [-0.2, -0.15) is 0 Å². The summed E-state index contributed by atoms with van der Waals surface area (Å²) >= 11 is 14.5. The van der Waals surface area contributed by atoms with Crippen molar-refractivity contribution in [3.05, 3.63) is 37.8 Å². The van der Waals surface area contributed by atoms with Crippen molar-refractivity contribution < 1.29 is 0 Å². The van der Waals surface area contributed by atoms with Crippen LogP contribution in [0, 0.1) is 9.49 Å². The van der Waals surface area contributed by atoms with Crippen LogP contribution in [0.1, 0.15) is 19.5 Å². The number of pyridine rings is 1. The molecule has 100 valence electrons. The van der Waals surface area contributed by atoms with E-state index in [4.69, 9.17) is 23.2 Å². The maximum atomic E-state index is 6.18. The average molecular weight is 408 g/mol. The molecule has 0 amide bonds. The molecule has 2 aromatic rings. The van der Waals surface area contributed by atoms with Gasteiger partial charge in [-0.1, -0.05) is 37.0 Å². The van der Waals surface area contributed by atoms with Crippen LogP contribution in [-0.2, 0) is 6.42 Å². The molecule has 0 atom stereocenters. The van der Waals surface area contributed by atoms with Gasteiger partial charge in [0.05, 0.1) is 14.3 Å². The Bertz CT molecular complexity index is 602. The van der Waals surface area contributed by atoms with E-state index in [2.05, 4.69) is 51.4 Å². The zero-order chi connectivity index (χ0) is 14.0. The fourth-order valence-corrected chi connectivity index (χ4v) is 2.50. The summed E-state index contributed by atoms with van der Waals surface area (Å²) in [6.07, 6.45) is 2.51. The van der Waals surface area contributed by atoms with E-state index in [1.807, 2.05) is 0 Å². The van der Waals surface area contributed by atoms with E-state index in [-0.39, 0.29) is 0 Å². The molecule has 2 aromatic heterocycles. The van der Waals surface area contributed by atoms with Crippen LogP contribution in [0.4, 0.5) is 0 Å². The van der Waals surface area contributed by atoms with E-state index in [0.29, 0.717) is 27.6 Å². The molecule has 0 N–H and O–H groups in total. The van der Waals surface area contributed by atoms with Gasteiger partial charge in [-0.25, -0.2) is 9.97 Å². The zero-order valence-corrected chi connectivity index (χ0v) is 14.2. The summed E-state index contributed by atoms with van der Waals surface area (Å²) in [6, 6.07) is 3.54. The molecule has 19 heavy (non-hydrogen) atoms. The van der Waals surface area contributed by atoms with E-state index in [1.165, 1.54) is 0 Å². The number of halogens is 3. The molecule has 0 bridgehead atoms. The molecular weight excluding hydrogens is 396 g/mol. The average Bonchev–Trinajstić information content (AvgIpc) is 2.35. The molecule has 0 fully saturated rings. The SMILES string of the molecule is CC(C)Cc1nc(-c2ncccc2Cl)nc(Cl)c1I. The molecule has 0 saturated carbocycles. The van der Waals surface area contributed by atoms with Crippen LogP contribution >= 0.6 is 45.8 Å². The topological polar surface area (TPSA) is 38.7 Å². The van der Waals surface area contributed by atoms with Gasteiger partial charge in [-0.15, -0.1) is 0 Å². The largest absolute Gasteiger partial charge is 0.251 e. The highest BCUT2D eigenvalue weighted by atomic mass is 127. The number of hydrogen-bond donors (Lipinski definition) is 0. The highest BCUT2D eigenvalue weighted by molar-refractivity contribution is 14.1. The molecule has 0 saturated heterocycles. The first kappa shape index (κ1) is 14.9. The molecule has 0 radical (unpaired) electrons. The Balaban J connectivity index is 2.54. The molecule has 3 nitrogen and oxygen atoms in total. The third kappa shape index (κ3) is 3.55. The Kier molecular flexibility index (Phi) is 4.97. The minimum absolute atomic E-state index is 0.447. The molecule has 2 heterocycles. The van der Waals surface area contributed by atoms with Crippen molar-refractivity contribution in [3.63, 3.8) is 0 Å². The summed E-state index contributed by atoms with van der Waals surface area (Å²) in [5.74, 6) is 0.971. The maximum Gasteiger partial charge on any atom is 0.181 e. The van der Waals surface area contributed by atoms with Crippen LogP contribution in [0.15, 0.2) is 18.3 Å². The Morgan fingerprint density at radius 1 is 1.26 bits per heavy atom. The first-order chi connectivity index (χ1) is 8.99. The van der Waals surface area contributed by atoms with Gasteiger partial charge in [-0.05, 0) is 47.1 Å². The van der Waals surface area contributed by atoms with Gasteiger partial charge in [0.2, 0.25) is 0 Å². The normalized spacial score (nSPS) is 11.1. The van der Waals surface area contributed by atoms with Crippen molar-refractivity contribution >= 4 is 45.8 Å². The molecule has 2 rings (SSSR count). The zero-order valence-electron chi connectivity index (χ0n) is 10.5. The second-order valence-corrected chi connectivity index (χ2v) is 6.37. The van der Waals surface area contributed by atoms with E-state index in [9.17, 15) is 0 Å². The van der Waals surface area contributed by atoms with E-state index >= 15 is 0 Å². The highest BCUT2D eigenvalue weighted by Gasteiger charge is 2.15. The standard InChI is InChI=1S/C13H12Cl2IN3/c1-7(2)6-9-10(16)12(15)19-13(18-9)11-8(14)4-3-5-17-11/h3-5,7H,6H2,1-2H3. The summed E-state index contributed by atoms with van der Waals surface area (Å²) in [4.78, 5) is 13.0. The molecule has 0 aliphatic carbocycles. The number of aromatic nitrogens is 3. The lowest BCUT2D eigenvalue weighted by molar-refractivity contribution is 0.632. The lowest BCUT2D eigenvalue weighted by Gasteiger charge is -2.10. The minimum atomic E-state index is 0.447. The van der Waals surface area contributed by atoms with Crippen LogP contribution in [0.5, 0.6) is 0 Å². The first-order valence-corrected chi connectivity index (χ1v) is 7.65. The molecule has 0 aliphatic heterocycles. The monoisotopic (exact) mass is 407 g/mol. The first-order valence-electron chi connectivity index (χ1n) is 5.82. The van der Waals surface area contributed by atoms with E-state index in [0.717, 1.165) is 15.7 Å². The van der Waals surface area contributed by atoms with Crippen LogP contribution in [0.3, 0.4) is 0 Å². The van der Waals surface area contributed by atoms with Gasteiger partial charge in [0.1, 0.15) is 10.8 Å². The molecular formula is C13H12Cl2IN3. The Hall–Kier alpha value is -0.460. The van der Waals surface area contributed by atoms with Crippen molar-refractivity contribution in [2.75, 3.05) is 0 Å². The molecule has 0 spiro atoms. The van der Waals surface area contributed by atoms with Gasteiger partial charge in [0, 0.05) is 6.20 Å². The van der Waals surface area contributed by atoms with Crippen molar-refractivity contribution in [1.29, 1.82) is 0 Å². The summed E-state index contributed by atoms with van der Waals surface area (Å²) < 4.78 is 0.892. The van der Waals surface area contributed by atoms with Gasteiger partial charge in [-0.3, -0.25) is 4.98 Å². The Morgan fingerprint density at radius 3 is 2.63 bits per heavy atom. The Morgan fingerprint density at radius 2 is 2.00 bits per heavy atom. The number of rotatable bonds is 3. The highest BCUT2D eigenvalue weighted by Crippen LogP contribution is 2.27. The summed E-state index contributed by atoms with van der Waals surface area (Å²) in [5.41, 5.74) is 1.50. The summed E-state index contributed by atoms with van der Waals surface area (Å²) in [6.45, 7) is 4.28. The Labute approximate surface area is 135 Å². The predicted octanol–water partition coefficient (Wildman–Crippen LogP) is 4.65. The minimum Gasteiger partial charge on any atom is -0.251 e. The second kappa shape index (κ2) is 6.33. The van der Waals surface area contributed by atoms with E-state index in [1.54, 1.807) is 18.3 Å². The lowest BCUT2D eigenvalue weighted by Crippen LogP contribution is -2.05. The fraction of sp³-hybridized carbons (Fsp3) is 0.308. The molecule has 0 unspecified atom stereocenters. The van der Waals surface area contributed by atoms with Gasteiger partial charge >= 0.3 is 0 Å². The van der Waals surface area contributed by atoms with Crippen LogP contribution < -0.4 is 0 Å². The second-order valence-electron chi connectivity index (χ2n) is 4.53. The van der Waals surface area contributed by atoms with Crippen molar-refractivity contribution in [2.24, 2.45) is 5.92 Å². The third-order valence-electron chi connectivity index (χ3n) is 2.45. The molecule has 6 heteroatoms. The van der Waals surface area contributed by atoms with Gasteiger partial charge in [0.25, 0.3) is 0 Å². The fourth-order valence-electron chi connectivity index (χ4n) is 1.64. The van der Waals surface area contributed by atoms with Crippen LogP contribution in [0.2, 0.25) is 10.2 Å². The quantitative estimate of drug-likeness (QED) is 0.549.